The van der Waals surface area contributed by atoms with Crippen molar-refractivity contribution in [2.24, 2.45) is 11.7 Å². The number of carbonyl (C=O) groups excluding carboxylic acids is 1. The Balaban J connectivity index is 2.30. The van der Waals surface area contributed by atoms with Gasteiger partial charge in [0.05, 0.1) is 0 Å². The molecule has 0 saturated heterocycles. The van der Waals surface area contributed by atoms with Gasteiger partial charge in [-0.1, -0.05) is 52.4 Å². The summed E-state index contributed by atoms with van der Waals surface area (Å²) in [5, 5.41) is 0. The SMILES string of the molecule is CCCCCCN(CCCCCC)C(=O)CC(N)C1CC1. The highest BCUT2D eigenvalue weighted by Gasteiger charge is 2.30. The number of nitrogens with two attached hydrogens (primary N) is 1. The van der Waals surface area contributed by atoms with Crippen LogP contribution in [0, 0.1) is 5.92 Å². The summed E-state index contributed by atoms with van der Waals surface area (Å²) < 4.78 is 0. The number of nitrogens with zero attached hydrogens (tertiary/aromatic N) is 1. The second-order valence-electron chi connectivity index (χ2n) is 6.71. The minimum Gasteiger partial charge on any atom is -0.343 e. The average Bonchev–Trinajstić information content (AvgIpc) is 3.30. The summed E-state index contributed by atoms with van der Waals surface area (Å²) in [6.07, 6.45) is 12.8. The van der Waals surface area contributed by atoms with E-state index >= 15 is 0 Å². The molecule has 1 aliphatic rings. The number of carbonyl (C=O) groups is 1. The van der Waals surface area contributed by atoms with Gasteiger partial charge in [-0.25, -0.2) is 0 Å². The van der Waals surface area contributed by atoms with Crippen LogP contribution >= 0.6 is 0 Å². The van der Waals surface area contributed by atoms with E-state index in [4.69, 9.17) is 5.73 Å². The first-order valence-electron chi connectivity index (χ1n) is 9.22. The first kappa shape index (κ1) is 18.5. The highest BCUT2D eigenvalue weighted by Crippen LogP contribution is 2.33. The quantitative estimate of drug-likeness (QED) is 0.520. The van der Waals surface area contributed by atoms with Crippen LogP contribution in [0.3, 0.4) is 0 Å². The fourth-order valence-electron chi connectivity index (χ4n) is 2.84. The Labute approximate surface area is 131 Å². The maximum atomic E-state index is 12.5. The molecule has 1 unspecified atom stereocenters. The smallest absolute Gasteiger partial charge is 0.224 e. The third-order valence-corrected chi connectivity index (χ3v) is 4.55. The highest BCUT2D eigenvalue weighted by atomic mass is 16.2. The first-order chi connectivity index (χ1) is 10.2. The van der Waals surface area contributed by atoms with Crippen LogP contribution in [0.1, 0.15) is 84.5 Å². The van der Waals surface area contributed by atoms with E-state index in [1.165, 1.54) is 51.4 Å². The summed E-state index contributed by atoms with van der Waals surface area (Å²) in [5.41, 5.74) is 6.12. The molecule has 3 nitrogen and oxygen atoms in total. The highest BCUT2D eigenvalue weighted by molar-refractivity contribution is 5.76. The third kappa shape index (κ3) is 8.45. The number of amides is 1. The minimum atomic E-state index is 0.103. The van der Waals surface area contributed by atoms with Crippen molar-refractivity contribution in [2.45, 2.75) is 90.5 Å². The van der Waals surface area contributed by atoms with Crippen molar-refractivity contribution in [1.29, 1.82) is 0 Å². The van der Waals surface area contributed by atoms with Gasteiger partial charge < -0.3 is 10.6 Å². The van der Waals surface area contributed by atoms with Crippen LogP contribution in [0.2, 0.25) is 0 Å². The van der Waals surface area contributed by atoms with Crippen molar-refractivity contribution in [3.05, 3.63) is 0 Å². The molecule has 0 spiro atoms. The molecule has 0 aromatic heterocycles. The van der Waals surface area contributed by atoms with Crippen molar-refractivity contribution in [2.75, 3.05) is 13.1 Å². The van der Waals surface area contributed by atoms with E-state index < -0.39 is 0 Å². The molecule has 0 aromatic carbocycles. The van der Waals surface area contributed by atoms with Crippen LogP contribution in [-0.2, 0) is 4.79 Å². The molecule has 2 N–H and O–H groups in total. The van der Waals surface area contributed by atoms with Gasteiger partial charge in [0.25, 0.3) is 0 Å². The van der Waals surface area contributed by atoms with Crippen molar-refractivity contribution >= 4 is 5.91 Å². The van der Waals surface area contributed by atoms with Gasteiger partial charge in [-0.2, -0.15) is 0 Å². The fourth-order valence-corrected chi connectivity index (χ4v) is 2.84. The Morgan fingerprint density at radius 3 is 1.95 bits per heavy atom. The van der Waals surface area contributed by atoms with Crippen molar-refractivity contribution in [1.82, 2.24) is 4.90 Å². The zero-order valence-corrected chi connectivity index (χ0v) is 14.3. The van der Waals surface area contributed by atoms with Crippen LogP contribution in [0.5, 0.6) is 0 Å². The lowest BCUT2D eigenvalue weighted by Crippen LogP contribution is -2.38. The van der Waals surface area contributed by atoms with Crippen molar-refractivity contribution in [3.63, 3.8) is 0 Å². The van der Waals surface area contributed by atoms with E-state index in [2.05, 4.69) is 18.7 Å². The molecule has 1 rings (SSSR count). The summed E-state index contributed by atoms with van der Waals surface area (Å²) in [4.78, 5) is 14.6. The summed E-state index contributed by atoms with van der Waals surface area (Å²) in [6.45, 7) is 6.31. The van der Waals surface area contributed by atoms with Crippen LogP contribution in [0.25, 0.3) is 0 Å². The van der Waals surface area contributed by atoms with Crippen LogP contribution in [-0.4, -0.2) is 29.9 Å². The standard InChI is InChI=1S/C18H36N2O/c1-3-5-7-9-13-20(14-10-8-6-4-2)18(21)15-17(19)16-11-12-16/h16-17H,3-15,19H2,1-2H3. The number of rotatable bonds is 13. The summed E-state index contributed by atoms with van der Waals surface area (Å²) in [7, 11) is 0. The van der Waals surface area contributed by atoms with Gasteiger partial charge in [0.1, 0.15) is 0 Å². The molecule has 1 atom stereocenters. The van der Waals surface area contributed by atoms with Gasteiger partial charge in [-0.15, -0.1) is 0 Å². The van der Waals surface area contributed by atoms with E-state index in [9.17, 15) is 4.79 Å². The molecule has 0 heterocycles. The van der Waals surface area contributed by atoms with Crippen molar-refractivity contribution in [3.8, 4) is 0 Å². The van der Waals surface area contributed by atoms with E-state index in [1.807, 2.05) is 0 Å². The largest absolute Gasteiger partial charge is 0.343 e. The summed E-state index contributed by atoms with van der Waals surface area (Å²) in [6, 6.07) is 0.103. The lowest BCUT2D eigenvalue weighted by atomic mass is 10.1. The Bertz CT molecular complexity index is 264. The predicted octanol–water partition coefficient (Wildman–Crippen LogP) is 4.10. The molecule has 1 amide bonds. The van der Waals surface area contributed by atoms with E-state index in [1.54, 1.807) is 0 Å². The lowest BCUT2D eigenvalue weighted by molar-refractivity contribution is -0.131. The van der Waals surface area contributed by atoms with Gasteiger partial charge in [0, 0.05) is 25.6 Å². The molecule has 0 aromatic rings. The van der Waals surface area contributed by atoms with Gasteiger partial charge in [0.15, 0.2) is 0 Å². The molecular weight excluding hydrogens is 260 g/mol. The number of hydrogen-bond acceptors (Lipinski definition) is 2. The molecule has 1 saturated carbocycles. The summed E-state index contributed by atoms with van der Waals surface area (Å²) in [5.74, 6) is 0.915. The average molecular weight is 296 g/mol. The monoisotopic (exact) mass is 296 g/mol. The van der Waals surface area contributed by atoms with Crippen molar-refractivity contribution < 1.29 is 4.79 Å². The molecule has 0 radical (unpaired) electrons. The Morgan fingerprint density at radius 1 is 1.00 bits per heavy atom. The topological polar surface area (TPSA) is 46.3 Å². The van der Waals surface area contributed by atoms with Gasteiger partial charge in [0.2, 0.25) is 5.91 Å². The fraction of sp³-hybridized carbons (Fsp3) is 0.944. The van der Waals surface area contributed by atoms with E-state index in [-0.39, 0.29) is 6.04 Å². The molecule has 0 bridgehead atoms. The van der Waals surface area contributed by atoms with Gasteiger partial charge in [-0.3, -0.25) is 4.79 Å². The van der Waals surface area contributed by atoms with Gasteiger partial charge >= 0.3 is 0 Å². The van der Waals surface area contributed by atoms with E-state index in [0.29, 0.717) is 18.2 Å². The molecule has 1 aliphatic carbocycles. The Hall–Kier alpha value is -0.570. The molecule has 1 fully saturated rings. The third-order valence-electron chi connectivity index (χ3n) is 4.55. The molecule has 124 valence electrons. The molecular formula is C18H36N2O. The predicted molar refractivity (Wildman–Crippen MR) is 90.2 cm³/mol. The zero-order valence-electron chi connectivity index (χ0n) is 14.3. The Morgan fingerprint density at radius 2 is 1.52 bits per heavy atom. The normalized spacial score (nSPS) is 16.0. The van der Waals surface area contributed by atoms with Crippen LogP contribution in [0.15, 0.2) is 0 Å². The van der Waals surface area contributed by atoms with Crippen LogP contribution in [0.4, 0.5) is 0 Å². The molecule has 0 aliphatic heterocycles. The maximum Gasteiger partial charge on any atom is 0.224 e. The zero-order chi connectivity index (χ0) is 15.5. The summed E-state index contributed by atoms with van der Waals surface area (Å²) >= 11 is 0. The molecule has 3 heteroatoms. The minimum absolute atomic E-state index is 0.103. The second-order valence-corrected chi connectivity index (χ2v) is 6.71. The van der Waals surface area contributed by atoms with Gasteiger partial charge in [-0.05, 0) is 31.6 Å². The maximum absolute atomic E-state index is 12.5. The lowest BCUT2D eigenvalue weighted by Gasteiger charge is -2.24. The number of hydrogen-bond donors (Lipinski definition) is 1. The first-order valence-corrected chi connectivity index (χ1v) is 9.22. The Kier molecular flexibility index (Phi) is 9.73. The van der Waals surface area contributed by atoms with E-state index in [0.717, 1.165) is 25.9 Å². The number of unbranched alkanes of at least 4 members (excludes halogenated alkanes) is 6. The van der Waals surface area contributed by atoms with Crippen LogP contribution < -0.4 is 5.73 Å². The second kappa shape index (κ2) is 11.1. The molecule has 21 heavy (non-hydrogen) atoms.